The topological polar surface area (TPSA) is 44.5 Å². The normalized spacial score (nSPS) is 11.6. The molecular weight excluding hydrogens is 432 g/mol. The van der Waals surface area contributed by atoms with Crippen LogP contribution in [0.5, 0.6) is 23.0 Å². The molecule has 4 nitrogen and oxygen atoms in total. The van der Waals surface area contributed by atoms with Gasteiger partial charge in [0.15, 0.2) is 35.0 Å². The monoisotopic (exact) mass is 439 g/mol. The van der Waals surface area contributed by atoms with E-state index in [1.165, 1.54) is 6.39 Å². The number of rotatable bonds is 0. The van der Waals surface area contributed by atoms with E-state index in [2.05, 4.69) is 4.98 Å². The van der Waals surface area contributed by atoms with Crippen LogP contribution in [0.3, 0.4) is 0 Å². The molecule has 0 unspecified atom stereocenters. The van der Waals surface area contributed by atoms with Gasteiger partial charge in [-0.3, -0.25) is 0 Å². The second-order valence-electron chi connectivity index (χ2n) is 5.45. The first kappa shape index (κ1) is 18.3. The van der Waals surface area contributed by atoms with Crippen molar-refractivity contribution in [2.75, 3.05) is 0 Å². The Balaban J connectivity index is 0.000000167. The fourth-order valence-electron chi connectivity index (χ4n) is 2.38. The molecule has 0 atom stereocenters. The summed E-state index contributed by atoms with van der Waals surface area (Å²) in [7, 11) is 0. The van der Waals surface area contributed by atoms with Gasteiger partial charge in [-0.2, -0.15) is 0 Å². The van der Waals surface area contributed by atoms with Gasteiger partial charge in [-0.05, 0) is 12.1 Å². The summed E-state index contributed by atoms with van der Waals surface area (Å²) in [6.07, 6.45) is 1.45. The molecule has 1 aliphatic heterocycles. The van der Waals surface area contributed by atoms with Crippen LogP contribution >= 0.6 is 46.4 Å². The molecule has 5 rings (SSSR count). The third-order valence-electron chi connectivity index (χ3n) is 3.65. The number of para-hydroxylation sites is 2. The number of fused-ring (bicyclic) bond motifs is 3. The van der Waals surface area contributed by atoms with Crippen molar-refractivity contribution in [3.63, 3.8) is 0 Å². The lowest BCUT2D eigenvalue weighted by atomic mass is 10.2. The van der Waals surface area contributed by atoms with Crippen molar-refractivity contribution in [2.45, 2.75) is 0 Å². The Kier molecular flexibility index (Phi) is 5.06. The van der Waals surface area contributed by atoms with Crippen molar-refractivity contribution >= 4 is 57.5 Å². The van der Waals surface area contributed by atoms with Crippen molar-refractivity contribution < 1.29 is 13.9 Å². The van der Waals surface area contributed by atoms with Crippen molar-refractivity contribution in [3.05, 3.63) is 75.0 Å². The van der Waals surface area contributed by atoms with Crippen LogP contribution in [-0.4, -0.2) is 4.98 Å². The summed E-state index contributed by atoms with van der Waals surface area (Å²) in [4.78, 5) is 3.95. The Morgan fingerprint density at radius 2 is 1.07 bits per heavy atom. The second kappa shape index (κ2) is 7.49. The summed E-state index contributed by atoms with van der Waals surface area (Å²) in [5.41, 5.74) is 1.76. The average Bonchev–Trinajstić information content (AvgIpc) is 3.12. The lowest BCUT2D eigenvalue weighted by Gasteiger charge is -2.21. The van der Waals surface area contributed by atoms with E-state index in [4.69, 9.17) is 60.3 Å². The zero-order valence-electron chi connectivity index (χ0n) is 13.4. The lowest BCUT2D eigenvalue weighted by molar-refractivity contribution is 0.359. The third-order valence-corrected chi connectivity index (χ3v) is 5.09. The van der Waals surface area contributed by atoms with Gasteiger partial charge in [0.2, 0.25) is 0 Å². The number of benzene rings is 3. The predicted molar refractivity (Wildman–Crippen MR) is 107 cm³/mol. The van der Waals surface area contributed by atoms with Crippen LogP contribution in [0.1, 0.15) is 0 Å². The van der Waals surface area contributed by atoms with Crippen LogP contribution in [-0.2, 0) is 0 Å². The Labute approximate surface area is 174 Å². The first-order valence-corrected chi connectivity index (χ1v) is 9.14. The minimum Gasteiger partial charge on any atom is -0.449 e. The molecule has 8 heteroatoms. The highest BCUT2D eigenvalue weighted by atomic mass is 35.5. The van der Waals surface area contributed by atoms with Gasteiger partial charge in [0.1, 0.15) is 5.52 Å². The first-order chi connectivity index (χ1) is 13.0. The van der Waals surface area contributed by atoms with Crippen molar-refractivity contribution in [1.29, 1.82) is 0 Å². The SMILES string of the molecule is Clc1cc2c(cc1Cl)Oc1cc(Cl)c(Cl)cc1O2.c1ccc2ocnc2c1. The van der Waals surface area contributed by atoms with Gasteiger partial charge in [-0.1, -0.05) is 58.5 Å². The Morgan fingerprint density at radius 3 is 1.52 bits per heavy atom. The predicted octanol–water partition coefficient (Wildman–Crippen LogP) is 8.03. The Bertz CT molecular complexity index is 1000. The van der Waals surface area contributed by atoms with Gasteiger partial charge >= 0.3 is 0 Å². The van der Waals surface area contributed by atoms with Crippen LogP contribution in [0, 0.1) is 0 Å². The van der Waals surface area contributed by atoms with Gasteiger partial charge in [0.05, 0.1) is 20.1 Å². The van der Waals surface area contributed by atoms with Crippen LogP contribution < -0.4 is 9.47 Å². The zero-order chi connectivity index (χ0) is 19.0. The van der Waals surface area contributed by atoms with E-state index < -0.39 is 0 Å². The number of aromatic nitrogens is 1. The molecule has 136 valence electrons. The number of halogens is 4. The number of hydrogen-bond acceptors (Lipinski definition) is 4. The molecule has 3 aromatic carbocycles. The van der Waals surface area contributed by atoms with Crippen LogP contribution in [0.15, 0.2) is 59.3 Å². The van der Waals surface area contributed by atoms with E-state index in [1.54, 1.807) is 24.3 Å². The van der Waals surface area contributed by atoms with E-state index in [0.29, 0.717) is 43.1 Å². The summed E-state index contributed by atoms with van der Waals surface area (Å²) in [5, 5.41) is 1.56. The summed E-state index contributed by atoms with van der Waals surface area (Å²) < 4.78 is 16.3. The number of oxazole rings is 1. The fourth-order valence-corrected chi connectivity index (χ4v) is 2.99. The van der Waals surface area contributed by atoms with Crippen LogP contribution in [0.4, 0.5) is 0 Å². The largest absolute Gasteiger partial charge is 0.449 e. The Hall–Kier alpha value is -2.11. The summed E-state index contributed by atoms with van der Waals surface area (Å²) in [6.45, 7) is 0. The highest BCUT2D eigenvalue weighted by molar-refractivity contribution is 6.42. The number of nitrogens with zero attached hydrogens (tertiary/aromatic N) is 1. The van der Waals surface area contributed by atoms with Gasteiger partial charge in [-0.25, -0.2) is 4.98 Å². The molecular formula is C19H9Cl4NO3. The molecule has 0 saturated heterocycles. The molecule has 0 spiro atoms. The van der Waals surface area contributed by atoms with E-state index in [-0.39, 0.29) is 0 Å². The molecule has 0 bridgehead atoms. The fraction of sp³-hybridized carbons (Fsp3) is 0. The molecule has 27 heavy (non-hydrogen) atoms. The van der Waals surface area contributed by atoms with Gasteiger partial charge in [-0.15, -0.1) is 0 Å². The highest BCUT2D eigenvalue weighted by Crippen LogP contribution is 2.49. The first-order valence-electron chi connectivity index (χ1n) is 7.63. The molecule has 2 heterocycles. The molecule has 0 fully saturated rings. The molecule has 0 saturated carbocycles. The quantitative estimate of drug-likeness (QED) is 0.244. The zero-order valence-corrected chi connectivity index (χ0v) is 16.4. The van der Waals surface area contributed by atoms with E-state index >= 15 is 0 Å². The lowest BCUT2D eigenvalue weighted by Crippen LogP contribution is -1.99. The van der Waals surface area contributed by atoms with E-state index in [9.17, 15) is 0 Å². The number of ether oxygens (including phenoxy) is 2. The molecule has 1 aliphatic rings. The second-order valence-corrected chi connectivity index (χ2v) is 7.08. The Morgan fingerprint density at radius 1 is 0.630 bits per heavy atom. The average molecular weight is 441 g/mol. The van der Waals surface area contributed by atoms with Crippen molar-refractivity contribution in [1.82, 2.24) is 4.98 Å². The molecule has 1 aromatic heterocycles. The minimum absolute atomic E-state index is 0.391. The van der Waals surface area contributed by atoms with Crippen LogP contribution in [0.2, 0.25) is 20.1 Å². The van der Waals surface area contributed by atoms with Crippen LogP contribution in [0.25, 0.3) is 11.1 Å². The molecule has 0 amide bonds. The van der Waals surface area contributed by atoms with Gasteiger partial charge in [0, 0.05) is 24.3 Å². The molecule has 0 aliphatic carbocycles. The third kappa shape index (κ3) is 3.80. The summed E-state index contributed by atoms with van der Waals surface area (Å²) in [6, 6.07) is 14.0. The number of hydrogen-bond donors (Lipinski definition) is 0. The van der Waals surface area contributed by atoms with Crippen molar-refractivity contribution in [2.24, 2.45) is 0 Å². The maximum atomic E-state index is 5.91. The van der Waals surface area contributed by atoms with Gasteiger partial charge < -0.3 is 13.9 Å². The van der Waals surface area contributed by atoms with Crippen molar-refractivity contribution in [3.8, 4) is 23.0 Å². The standard InChI is InChI=1S/C12H4Cl4O2.C7H5NO/c13-5-1-9-10(2-6(5)14)18-12-4-8(16)7(15)3-11(12)17-9;1-2-4-7-6(3-1)8-5-9-7/h1-4H;1-5H. The van der Waals surface area contributed by atoms with E-state index in [0.717, 1.165) is 11.1 Å². The maximum Gasteiger partial charge on any atom is 0.181 e. The highest BCUT2D eigenvalue weighted by Gasteiger charge is 2.22. The molecule has 0 N–H and O–H groups in total. The smallest absolute Gasteiger partial charge is 0.181 e. The summed E-state index contributed by atoms with van der Waals surface area (Å²) >= 11 is 23.7. The summed E-state index contributed by atoms with van der Waals surface area (Å²) in [5.74, 6) is 1.93. The minimum atomic E-state index is 0.391. The maximum absolute atomic E-state index is 5.91. The molecule has 4 aromatic rings. The molecule has 0 radical (unpaired) electrons. The van der Waals surface area contributed by atoms with E-state index in [1.807, 2.05) is 24.3 Å². The van der Waals surface area contributed by atoms with Gasteiger partial charge in [0.25, 0.3) is 0 Å².